The van der Waals surface area contributed by atoms with Crippen LogP contribution >= 0.6 is 11.8 Å². The second-order valence-electron chi connectivity index (χ2n) is 5.01. The molecule has 1 rings (SSSR count). The number of nitrogens with one attached hydrogen (secondary N) is 1. The fraction of sp³-hybridized carbons (Fsp3) is 1.00. The molecule has 0 bridgehead atoms. The van der Waals surface area contributed by atoms with Gasteiger partial charge in [0.15, 0.2) is 0 Å². The fourth-order valence-electron chi connectivity index (χ4n) is 2.11. The SMILES string of the molecule is CCOC1CC(NCC(C)SC)C1(C)C. The normalized spacial score (nSPS) is 31.0. The molecule has 1 aliphatic rings. The number of rotatable bonds is 6. The van der Waals surface area contributed by atoms with Gasteiger partial charge in [-0.2, -0.15) is 11.8 Å². The average Bonchev–Trinajstić information content (AvgIpc) is 2.21. The average molecular weight is 231 g/mol. The van der Waals surface area contributed by atoms with Crippen molar-refractivity contribution in [2.24, 2.45) is 5.41 Å². The van der Waals surface area contributed by atoms with Gasteiger partial charge in [0.2, 0.25) is 0 Å². The highest BCUT2D eigenvalue weighted by Crippen LogP contribution is 2.42. The van der Waals surface area contributed by atoms with Gasteiger partial charge >= 0.3 is 0 Å². The maximum atomic E-state index is 5.71. The molecule has 1 N–H and O–H groups in total. The summed E-state index contributed by atoms with van der Waals surface area (Å²) in [5.41, 5.74) is 0.300. The van der Waals surface area contributed by atoms with Crippen LogP contribution in [0.3, 0.4) is 0 Å². The molecule has 0 aromatic heterocycles. The molecule has 0 heterocycles. The van der Waals surface area contributed by atoms with Gasteiger partial charge in [-0.3, -0.25) is 0 Å². The van der Waals surface area contributed by atoms with Crippen molar-refractivity contribution in [3.05, 3.63) is 0 Å². The van der Waals surface area contributed by atoms with E-state index >= 15 is 0 Å². The van der Waals surface area contributed by atoms with Crippen molar-refractivity contribution in [2.75, 3.05) is 19.4 Å². The molecule has 2 nitrogen and oxygen atoms in total. The summed E-state index contributed by atoms with van der Waals surface area (Å²) in [5, 5.41) is 4.35. The van der Waals surface area contributed by atoms with E-state index in [0.717, 1.165) is 13.2 Å². The van der Waals surface area contributed by atoms with Crippen molar-refractivity contribution in [3.8, 4) is 0 Å². The van der Waals surface area contributed by atoms with Crippen LogP contribution in [0.4, 0.5) is 0 Å². The number of hydrogen-bond acceptors (Lipinski definition) is 3. The van der Waals surface area contributed by atoms with E-state index in [2.05, 4.69) is 39.3 Å². The van der Waals surface area contributed by atoms with Crippen molar-refractivity contribution >= 4 is 11.8 Å². The molecular formula is C12H25NOS. The first-order valence-corrected chi connectivity index (χ1v) is 7.19. The molecule has 0 aromatic carbocycles. The third-order valence-electron chi connectivity index (χ3n) is 3.60. The van der Waals surface area contributed by atoms with Gasteiger partial charge in [0.05, 0.1) is 6.10 Å². The Morgan fingerprint density at radius 1 is 1.53 bits per heavy atom. The largest absolute Gasteiger partial charge is 0.378 e. The van der Waals surface area contributed by atoms with Gasteiger partial charge in [-0.05, 0) is 19.6 Å². The molecule has 3 heteroatoms. The van der Waals surface area contributed by atoms with Gasteiger partial charge in [0.1, 0.15) is 0 Å². The molecule has 15 heavy (non-hydrogen) atoms. The summed E-state index contributed by atoms with van der Waals surface area (Å²) in [6.45, 7) is 10.9. The summed E-state index contributed by atoms with van der Waals surface area (Å²) in [6, 6.07) is 0.628. The molecule has 1 aliphatic carbocycles. The third kappa shape index (κ3) is 3.11. The molecule has 0 amide bonds. The maximum Gasteiger partial charge on any atom is 0.0655 e. The van der Waals surface area contributed by atoms with Crippen molar-refractivity contribution in [3.63, 3.8) is 0 Å². The summed E-state index contributed by atoms with van der Waals surface area (Å²) >= 11 is 1.92. The van der Waals surface area contributed by atoms with Gasteiger partial charge < -0.3 is 10.1 Å². The molecule has 0 spiro atoms. The number of ether oxygens (including phenoxy) is 1. The van der Waals surface area contributed by atoms with Crippen molar-refractivity contribution in [1.82, 2.24) is 5.32 Å². The molecule has 1 saturated carbocycles. The quantitative estimate of drug-likeness (QED) is 0.759. The Kier molecular flexibility index (Phi) is 4.94. The second kappa shape index (κ2) is 5.55. The van der Waals surface area contributed by atoms with Crippen LogP contribution < -0.4 is 5.32 Å². The van der Waals surface area contributed by atoms with E-state index in [4.69, 9.17) is 4.74 Å². The van der Waals surface area contributed by atoms with Gasteiger partial charge in [-0.1, -0.05) is 20.8 Å². The summed E-state index contributed by atoms with van der Waals surface area (Å²) in [4.78, 5) is 0. The first-order valence-electron chi connectivity index (χ1n) is 5.90. The smallest absolute Gasteiger partial charge is 0.0655 e. The topological polar surface area (TPSA) is 21.3 Å². The second-order valence-corrected chi connectivity index (χ2v) is 6.28. The van der Waals surface area contributed by atoms with Crippen LogP contribution in [0, 0.1) is 5.41 Å². The van der Waals surface area contributed by atoms with E-state index < -0.39 is 0 Å². The van der Waals surface area contributed by atoms with E-state index in [1.165, 1.54) is 6.42 Å². The zero-order valence-corrected chi connectivity index (χ0v) is 11.5. The predicted molar refractivity (Wildman–Crippen MR) is 68.6 cm³/mol. The molecule has 0 saturated heterocycles. The first-order chi connectivity index (χ1) is 7.02. The van der Waals surface area contributed by atoms with Crippen molar-refractivity contribution in [1.29, 1.82) is 0 Å². The zero-order valence-electron chi connectivity index (χ0n) is 10.7. The van der Waals surface area contributed by atoms with E-state index in [1.807, 2.05) is 11.8 Å². The summed E-state index contributed by atoms with van der Waals surface area (Å²) < 4.78 is 5.71. The van der Waals surface area contributed by atoms with Crippen LogP contribution in [0.1, 0.15) is 34.1 Å². The molecule has 0 radical (unpaired) electrons. The molecular weight excluding hydrogens is 206 g/mol. The highest BCUT2D eigenvalue weighted by atomic mass is 32.2. The highest BCUT2D eigenvalue weighted by molar-refractivity contribution is 7.99. The lowest BCUT2D eigenvalue weighted by Gasteiger charge is -2.52. The number of thioether (sulfide) groups is 1. The first kappa shape index (κ1) is 13.3. The Morgan fingerprint density at radius 2 is 2.20 bits per heavy atom. The molecule has 3 atom stereocenters. The van der Waals surface area contributed by atoms with Gasteiger partial charge in [0, 0.05) is 29.9 Å². The Morgan fingerprint density at radius 3 is 2.67 bits per heavy atom. The maximum absolute atomic E-state index is 5.71. The summed E-state index contributed by atoms with van der Waals surface area (Å²) in [7, 11) is 0. The van der Waals surface area contributed by atoms with Crippen LogP contribution in [0.2, 0.25) is 0 Å². The van der Waals surface area contributed by atoms with Gasteiger partial charge in [-0.15, -0.1) is 0 Å². The lowest BCUT2D eigenvalue weighted by molar-refractivity contribution is -0.113. The fourth-order valence-corrected chi connectivity index (χ4v) is 2.37. The Balaban J connectivity index is 2.29. The van der Waals surface area contributed by atoms with E-state index in [-0.39, 0.29) is 0 Å². The van der Waals surface area contributed by atoms with Gasteiger partial charge in [-0.25, -0.2) is 0 Å². The van der Waals surface area contributed by atoms with E-state index in [9.17, 15) is 0 Å². The third-order valence-corrected chi connectivity index (χ3v) is 4.57. The Hall–Kier alpha value is 0.270. The summed E-state index contributed by atoms with van der Waals surface area (Å²) in [6.07, 6.45) is 3.79. The standard InChI is InChI=1S/C12H25NOS/c1-6-14-11-7-10(12(11,3)4)13-8-9(2)15-5/h9-11,13H,6-8H2,1-5H3. The van der Waals surface area contributed by atoms with Crippen LogP contribution in [-0.2, 0) is 4.74 Å². The lowest BCUT2D eigenvalue weighted by atomic mass is 9.64. The van der Waals surface area contributed by atoms with Crippen molar-refractivity contribution in [2.45, 2.75) is 51.5 Å². The van der Waals surface area contributed by atoms with Crippen LogP contribution in [0.5, 0.6) is 0 Å². The zero-order chi connectivity index (χ0) is 11.5. The molecule has 90 valence electrons. The predicted octanol–water partition coefficient (Wildman–Crippen LogP) is 2.53. The van der Waals surface area contributed by atoms with Crippen LogP contribution in [-0.4, -0.2) is 36.8 Å². The van der Waals surface area contributed by atoms with E-state index in [1.54, 1.807) is 0 Å². The molecule has 0 aromatic rings. The van der Waals surface area contributed by atoms with Crippen LogP contribution in [0.25, 0.3) is 0 Å². The minimum absolute atomic E-state index is 0.300. The van der Waals surface area contributed by atoms with Gasteiger partial charge in [0.25, 0.3) is 0 Å². The van der Waals surface area contributed by atoms with E-state index in [0.29, 0.717) is 22.8 Å². The number of hydrogen-bond donors (Lipinski definition) is 1. The minimum atomic E-state index is 0.300. The summed E-state index contributed by atoms with van der Waals surface area (Å²) in [5.74, 6) is 0. The molecule has 1 fully saturated rings. The molecule has 0 aliphatic heterocycles. The van der Waals surface area contributed by atoms with Crippen LogP contribution in [0.15, 0.2) is 0 Å². The molecule has 3 unspecified atom stereocenters. The Labute approximate surface area is 98.5 Å². The minimum Gasteiger partial charge on any atom is -0.378 e. The monoisotopic (exact) mass is 231 g/mol. The highest BCUT2D eigenvalue weighted by Gasteiger charge is 2.48. The lowest BCUT2D eigenvalue weighted by Crippen LogP contribution is -2.61. The van der Waals surface area contributed by atoms with Crippen molar-refractivity contribution < 1.29 is 4.74 Å². The Bertz CT molecular complexity index is 196.